The quantitative estimate of drug-likeness (QED) is 0.501. The molecule has 0 fully saturated rings. The van der Waals surface area contributed by atoms with E-state index in [1.54, 1.807) is 0 Å². The van der Waals surface area contributed by atoms with Crippen LogP contribution in [0.15, 0.2) is 24.0 Å². The summed E-state index contributed by atoms with van der Waals surface area (Å²) >= 11 is 0. The Balaban J connectivity index is 2.77. The first kappa shape index (κ1) is 7.81. The summed E-state index contributed by atoms with van der Waals surface area (Å²) in [5.41, 5.74) is 0. The summed E-state index contributed by atoms with van der Waals surface area (Å²) in [7, 11) is 0. The van der Waals surface area contributed by atoms with Crippen LogP contribution in [-0.2, 0) is 4.79 Å². The smallest absolute Gasteiger partial charge is 0.313 e. The van der Waals surface area contributed by atoms with E-state index >= 15 is 0 Å². The van der Waals surface area contributed by atoms with Crippen molar-refractivity contribution in [1.82, 2.24) is 0 Å². The van der Waals surface area contributed by atoms with Gasteiger partial charge in [0.2, 0.25) is 0 Å². The molecule has 0 radical (unpaired) electrons. The highest BCUT2D eigenvalue weighted by atomic mass is 16.4. The van der Waals surface area contributed by atoms with Crippen LogP contribution in [0, 0.1) is 5.92 Å². The van der Waals surface area contributed by atoms with E-state index in [0.717, 1.165) is 6.08 Å². The van der Waals surface area contributed by atoms with Crippen molar-refractivity contribution in [2.24, 2.45) is 5.92 Å². The van der Waals surface area contributed by atoms with E-state index in [2.05, 4.69) is 0 Å². The molecule has 0 bridgehead atoms. The molecular weight excluding hydrogens is 148 g/mol. The third kappa shape index (κ3) is 1.59. The van der Waals surface area contributed by atoms with Crippen molar-refractivity contribution in [1.29, 1.82) is 0 Å². The molecule has 0 heterocycles. The number of aliphatic carboxylic acids is 1. The van der Waals surface area contributed by atoms with Gasteiger partial charge in [0.1, 0.15) is 11.7 Å². The van der Waals surface area contributed by atoms with Crippen molar-refractivity contribution < 1.29 is 20.1 Å². The van der Waals surface area contributed by atoms with Gasteiger partial charge in [-0.1, -0.05) is 6.08 Å². The first-order valence-corrected chi connectivity index (χ1v) is 3.11. The Morgan fingerprint density at radius 2 is 2.18 bits per heavy atom. The summed E-state index contributed by atoms with van der Waals surface area (Å²) in [6.45, 7) is 0. The monoisotopic (exact) mass is 156 g/mol. The fourth-order valence-corrected chi connectivity index (χ4v) is 0.879. The minimum atomic E-state index is -1.13. The number of allylic oxidation sites excluding steroid dienone is 1. The largest absolute Gasteiger partial charge is 0.508 e. The van der Waals surface area contributed by atoms with Crippen molar-refractivity contribution in [3.8, 4) is 0 Å². The standard InChI is InChI=1S/C7H8O4/c8-4-1-2-5(7(10)11)6(9)3-4/h1-3,5-6,8-9H,(H,10,11). The molecule has 0 aliphatic heterocycles. The second kappa shape index (κ2) is 2.75. The average Bonchev–Trinajstić information content (AvgIpc) is 1.85. The van der Waals surface area contributed by atoms with E-state index in [9.17, 15) is 4.79 Å². The molecule has 0 amide bonds. The lowest BCUT2D eigenvalue weighted by molar-refractivity contribution is -0.142. The highest BCUT2D eigenvalue weighted by molar-refractivity contribution is 5.73. The lowest BCUT2D eigenvalue weighted by Gasteiger charge is -2.15. The summed E-state index contributed by atoms with van der Waals surface area (Å²) in [4.78, 5) is 10.3. The Bertz CT molecular complexity index is 229. The Morgan fingerprint density at radius 1 is 1.55 bits per heavy atom. The van der Waals surface area contributed by atoms with E-state index in [1.165, 1.54) is 12.2 Å². The van der Waals surface area contributed by atoms with E-state index in [4.69, 9.17) is 15.3 Å². The highest BCUT2D eigenvalue weighted by Crippen LogP contribution is 2.15. The molecule has 0 saturated carbocycles. The zero-order chi connectivity index (χ0) is 8.43. The molecule has 0 aromatic rings. The molecule has 1 rings (SSSR count). The number of carbonyl (C=O) groups is 1. The number of carboxylic acid groups (broad SMARTS) is 1. The maximum atomic E-state index is 10.3. The van der Waals surface area contributed by atoms with Gasteiger partial charge in [-0.2, -0.15) is 0 Å². The average molecular weight is 156 g/mol. The van der Waals surface area contributed by atoms with Gasteiger partial charge in [-0.05, 0) is 12.2 Å². The van der Waals surface area contributed by atoms with E-state index in [1.807, 2.05) is 0 Å². The van der Waals surface area contributed by atoms with Crippen LogP contribution in [0.2, 0.25) is 0 Å². The lowest BCUT2D eigenvalue weighted by Crippen LogP contribution is -2.26. The first-order valence-electron chi connectivity index (χ1n) is 3.11. The number of hydrogen-bond donors (Lipinski definition) is 3. The Kier molecular flexibility index (Phi) is 1.96. The van der Waals surface area contributed by atoms with E-state index in [0.29, 0.717) is 0 Å². The second-order valence-corrected chi connectivity index (χ2v) is 2.31. The van der Waals surface area contributed by atoms with Gasteiger partial charge in [-0.15, -0.1) is 0 Å². The van der Waals surface area contributed by atoms with Gasteiger partial charge < -0.3 is 15.3 Å². The summed E-state index contributed by atoms with van der Waals surface area (Å²) in [6.07, 6.45) is 2.48. The molecule has 1 aliphatic rings. The molecular formula is C7H8O4. The number of rotatable bonds is 1. The lowest BCUT2D eigenvalue weighted by atomic mass is 9.97. The Labute approximate surface area is 63.1 Å². The molecule has 3 N–H and O–H groups in total. The number of carboxylic acids is 1. The Hall–Kier alpha value is -1.29. The van der Waals surface area contributed by atoms with Gasteiger partial charge in [0.15, 0.2) is 0 Å². The van der Waals surface area contributed by atoms with Crippen molar-refractivity contribution in [2.75, 3.05) is 0 Å². The molecule has 11 heavy (non-hydrogen) atoms. The van der Waals surface area contributed by atoms with Crippen LogP contribution in [0.1, 0.15) is 0 Å². The van der Waals surface area contributed by atoms with Gasteiger partial charge in [0.25, 0.3) is 0 Å². The molecule has 0 saturated heterocycles. The van der Waals surface area contributed by atoms with Gasteiger partial charge >= 0.3 is 5.97 Å². The SMILES string of the molecule is O=C(O)C1C=CC(O)=CC1O. The predicted molar refractivity (Wildman–Crippen MR) is 37.0 cm³/mol. The van der Waals surface area contributed by atoms with Crippen LogP contribution in [-0.4, -0.2) is 27.4 Å². The fourth-order valence-electron chi connectivity index (χ4n) is 0.879. The summed E-state index contributed by atoms with van der Waals surface area (Å²) in [6, 6.07) is 0. The highest BCUT2D eigenvalue weighted by Gasteiger charge is 2.24. The van der Waals surface area contributed by atoms with Crippen LogP contribution >= 0.6 is 0 Å². The molecule has 0 spiro atoms. The molecule has 2 atom stereocenters. The fraction of sp³-hybridized carbons (Fsp3) is 0.286. The third-order valence-corrected chi connectivity index (χ3v) is 1.47. The summed E-state index contributed by atoms with van der Waals surface area (Å²) < 4.78 is 0. The summed E-state index contributed by atoms with van der Waals surface area (Å²) in [5, 5.41) is 26.3. The molecule has 0 aromatic heterocycles. The zero-order valence-corrected chi connectivity index (χ0v) is 5.64. The number of aliphatic hydroxyl groups is 2. The van der Waals surface area contributed by atoms with Crippen molar-refractivity contribution >= 4 is 5.97 Å². The number of hydrogen-bond acceptors (Lipinski definition) is 3. The van der Waals surface area contributed by atoms with Crippen LogP contribution in [0.4, 0.5) is 0 Å². The maximum Gasteiger partial charge on any atom is 0.313 e. The third-order valence-electron chi connectivity index (χ3n) is 1.47. The topological polar surface area (TPSA) is 77.8 Å². The van der Waals surface area contributed by atoms with Gasteiger partial charge in [0, 0.05) is 0 Å². The van der Waals surface area contributed by atoms with Crippen molar-refractivity contribution in [3.05, 3.63) is 24.0 Å². The minimum absolute atomic E-state index is 0.102. The van der Waals surface area contributed by atoms with Crippen LogP contribution < -0.4 is 0 Å². The molecule has 2 unspecified atom stereocenters. The van der Waals surface area contributed by atoms with Crippen LogP contribution in [0.25, 0.3) is 0 Å². The Morgan fingerprint density at radius 3 is 2.64 bits per heavy atom. The van der Waals surface area contributed by atoms with Gasteiger partial charge in [0.05, 0.1) is 6.10 Å². The first-order chi connectivity index (χ1) is 5.11. The molecule has 4 heteroatoms. The van der Waals surface area contributed by atoms with E-state index < -0.39 is 18.0 Å². The molecule has 1 aliphatic carbocycles. The van der Waals surface area contributed by atoms with E-state index in [-0.39, 0.29) is 5.76 Å². The van der Waals surface area contributed by atoms with Crippen LogP contribution in [0.3, 0.4) is 0 Å². The zero-order valence-electron chi connectivity index (χ0n) is 5.64. The van der Waals surface area contributed by atoms with Gasteiger partial charge in [-0.3, -0.25) is 4.79 Å². The van der Waals surface area contributed by atoms with Crippen LogP contribution in [0.5, 0.6) is 0 Å². The summed E-state index contributed by atoms with van der Waals surface area (Å²) in [5.74, 6) is -2.14. The maximum absolute atomic E-state index is 10.3. The van der Waals surface area contributed by atoms with Crippen molar-refractivity contribution in [3.63, 3.8) is 0 Å². The minimum Gasteiger partial charge on any atom is -0.508 e. The molecule has 0 aromatic carbocycles. The van der Waals surface area contributed by atoms with Gasteiger partial charge in [-0.25, -0.2) is 0 Å². The predicted octanol–water partition coefficient (Wildman–Crippen LogP) is 0.0598. The number of aliphatic hydroxyl groups excluding tert-OH is 2. The normalized spacial score (nSPS) is 29.7. The molecule has 60 valence electrons. The second-order valence-electron chi connectivity index (χ2n) is 2.31. The van der Waals surface area contributed by atoms with Crippen molar-refractivity contribution in [2.45, 2.75) is 6.10 Å². The molecule has 4 nitrogen and oxygen atoms in total.